The lowest BCUT2D eigenvalue weighted by Gasteiger charge is -2.39. The van der Waals surface area contributed by atoms with E-state index in [1.807, 2.05) is 11.3 Å². The fraction of sp³-hybridized carbons (Fsp3) is 0.103. The summed E-state index contributed by atoms with van der Waals surface area (Å²) in [6.07, 6.45) is 5.13. The Morgan fingerprint density at radius 3 is 1.90 bits per heavy atom. The maximum Gasteiger partial charge on any atom is 0.0714 e. The molecule has 0 bridgehead atoms. The first-order valence-electron chi connectivity index (χ1n) is 21.2. The van der Waals surface area contributed by atoms with Crippen molar-refractivity contribution in [3.63, 3.8) is 0 Å². The van der Waals surface area contributed by atoms with E-state index in [1.165, 1.54) is 87.2 Å². The van der Waals surface area contributed by atoms with Gasteiger partial charge in [-0.3, -0.25) is 0 Å². The second-order valence-electron chi connectivity index (χ2n) is 17.2. The molecule has 60 heavy (non-hydrogen) atoms. The Labute approximate surface area is 356 Å². The summed E-state index contributed by atoms with van der Waals surface area (Å²) >= 11 is 1.88. The summed E-state index contributed by atoms with van der Waals surface area (Å²) in [5, 5.41) is 2.59. The topological polar surface area (TPSA) is 3.24 Å². The van der Waals surface area contributed by atoms with Crippen molar-refractivity contribution < 1.29 is 0 Å². The van der Waals surface area contributed by atoms with Gasteiger partial charge in [0.25, 0.3) is 0 Å². The molecule has 1 nitrogen and oxygen atoms in total. The summed E-state index contributed by atoms with van der Waals surface area (Å²) in [6.45, 7) is 4.90. The molecule has 286 valence electrons. The van der Waals surface area contributed by atoms with Crippen molar-refractivity contribution in [3.05, 3.63) is 257 Å². The van der Waals surface area contributed by atoms with Crippen LogP contribution in [0.1, 0.15) is 58.7 Å². The Kier molecular flexibility index (Phi) is 7.86. The van der Waals surface area contributed by atoms with Crippen molar-refractivity contribution in [2.45, 2.75) is 30.6 Å². The van der Waals surface area contributed by atoms with E-state index in [0.29, 0.717) is 5.92 Å². The predicted octanol–water partition coefficient (Wildman–Crippen LogP) is 15.2. The third-order valence-electron chi connectivity index (χ3n) is 13.8. The zero-order valence-corrected chi connectivity index (χ0v) is 34.5. The first kappa shape index (κ1) is 35.2. The van der Waals surface area contributed by atoms with Gasteiger partial charge >= 0.3 is 0 Å². The monoisotopic (exact) mass is 785 g/mol. The largest absolute Gasteiger partial charge is 0.310 e. The van der Waals surface area contributed by atoms with Crippen LogP contribution in [0.15, 0.2) is 218 Å². The van der Waals surface area contributed by atoms with Gasteiger partial charge in [0.2, 0.25) is 0 Å². The lowest BCUT2D eigenvalue weighted by Crippen LogP contribution is -2.30. The molecule has 8 aromatic carbocycles. The third kappa shape index (κ3) is 4.98. The Morgan fingerprint density at radius 2 is 1.13 bits per heavy atom. The number of fused-ring (bicyclic) bond motifs is 9. The van der Waals surface area contributed by atoms with Gasteiger partial charge in [0.1, 0.15) is 0 Å². The van der Waals surface area contributed by atoms with Crippen LogP contribution in [0.5, 0.6) is 0 Å². The molecule has 2 atom stereocenters. The molecule has 9 aromatic rings. The number of nitrogens with zero attached hydrogens (tertiary/aromatic N) is 1. The highest BCUT2D eigenvalue weighted by molar-refractivity contribution is 7.26. The van der Waals surface area contributed by atoms with E-state index in [0.717, 1.165) is 5.69 Å². The number of rotatable bonds is 6. The van der Waals surface area contributed by atoms with Crippen molar-refractivity contribution in [3.8, 4) is 11.1 Å². The lowest BCUT2D eigenvalue weighted by molar-refractivity contribution is 0.405. The second kappa shape index (κ2) is 13.4. The van der Waals surface area contributed by atoms with Crippen LogP contribution in [-0.2, 0) is 10.8 Å². The quantitative estimate of drug-likeness (QED) is 0.162. The van der Waals surface area contributed by atoms with E-state index in [2.05, 4.69) is 231 Å². The molecule has 0 amide bonds. The molecule has 2 heteroatoms. The Morgan fingerprint density at radius 1 is 0.517 bits per heavy atom. The number of benzene rings is 8. The van der Waals surface area contributed by atoms with Gasteiger partial charge in [0.05, 0.1) is 11.1 Å². The van der Waals surface area contributed by atoms with Crippen molar-refractivity contribution in [1.82, 2.24) is 0 Å². The molecular weight excluding hydrogens is 743 g/mol. The van der Waals surface area contributed by atoms with Crippen LogP contribution in [0, 0.1) is 5.92 Å². The fourth-order valence-electron chi connectivity index (χ4n) is 11.4. The average Bonchev–Trinajstić information content (AvgIpc) is 3.91. The van der Waals surface area contributed by atoms with Crippen LogP contribution < -0.4 is 4.90 Å². The molecule has 3 aliphatic carbocycles. The Hall–Kier alpha value is -6.74. The normalized spacial score (nSPS) is 18.0. The highest BCUT2D eigenvalue weighted by Crippen LogP contribution is 2.60. The number of anilines is 2. The minimum atomic E-state index is -0.511. The summed E-state index contributed by atoms with van der Waals surface area (Å²) in [5.74, 6) is 0.498. The first-order valence-corrected chi connectivity index (χ1v) is 22.0. The number of hydrogen-bond acceptors (Lipinski definition) is 2. The molecule has 0 saturated heterocycles. The van der Waals surface area contributed by atoms with Crippen molar-refractivity contribution in [2.24, 2.45) is 5.92 Å². The molecule has 0 radical (unpaired) electrons. The fourth-order valence-corrected chi connectivity index (χ4v) is 12.5. The minimum Gasteiger partial charge on any atom is -0.310 e. The number of allylic oxidation sites excluding steroid dienone is 3. The molecule has 1 aromatic heterocycles. The van der Waals surface area contributed by atoms with E-state index in [4.69, 9.17) is 0 Å². The molecule has 2 unspecified atom stereocenters. The van der Waals surface area contributed by atoms with Gasteiger partial charge < -0.3 is 4.90 Å². The van der Waals surface area contributed by atoms with Crippen LogP contribution >= 0.6 is 11.3 Å². The van der Waals surface area contributed by atoms with Gasteiger partial charge in [-0.25, -0.2) is 0 Å². The maximum absolute atomic E-state index is 2.60. The number of thiophene rings is 1. The molecule has 3 aliphatic rings. The van der Waals surface area contributed by atoms with E-state index in [-0.39, 0.29) is 11.3 Å². The number of hydrogen-bond donors (Lipinski definition) is 0. The van der Waals surface area contributed by atoms with Crippen molar-refractivity contribution >= 4 is 48.5 Å². The van der Waals surface area contributed by atoms with E-state index >= 15 is 0 Å². The van der Waals surface area contributed by atoms with Crippen LogP contribution in [0.3, 0.4) is 0 Å². The summed E-state index contributed by atoms with van der Waals surface area (Å²) in [5.41, 5.74) is 16.3. The highest BCUT2D eigenvalue weighted by Gasteiger charge is 2.50. The Balaban J connectivity index is 1.18. The third-order valence-corrected chi connectivity index (χ3v) is 15.0. The van der Waals surface area contributed by atoms with Gasteiger partial charge in [0.15, 0.2) is 0 Å². The molecule has 0 fully saturated rings. The Bertz CT molecular complexity index is 3150. The van der Waals surface area contributed by atoms with Crippen molar-refractivity contribution in [1.29, 1.82) is 0 Å². The molecular formula is C58H43NS. The van der Waals surface area contributed by atoms with Crippen LogP contribution in [0.2, 0.25) is 0 Å². The summed E-state index contributed by atoms with van der Waals surface area (Å²) in [4.78, 5) is 2.60. The molecule has 0 aliphatic heterocycles. The molecule has 0 spiro atoms. The van der Waals surface area contributed by atoms with Crippen LogP contribution in [0.25, 0.3) is 36.9 Å². The van der Waals surface area contributed by atoms with Gasteiger partial charge in [-0.05, 0) is 97.5 Å². The van der Waals surface area contributed by atoms with E-state index in [9.17, 15) is 0 Å². The molecule has 1 heterocycles. The first-order chi connectivity index (χ1) is 29.5. The van der Waals surface area contributed by atoms with Crippen LogP contribution in [0.4, 0.5) is 11.4 Å². The second-order valence-corrected chi connectivity index (χ2v) is 18.3. The van der Waals surface area contributed by atoms with E-state index < -0.39 is 5.41 Å². The zero-order chi connectivity index (χ0) is 40.0. The molecule has 0 N–H and O–H groups in total. The smallest absolute Gasteiger partial charge is 0.0714 e. The summed E-state index contributed by atoms with van der Waals surface area (Å²) in [6, 6.07) is 74.8. The standard InChI is InChI=1S/C58H43NS/c1-57(2)49-28-15-12-26-44(49)48-36-42(35-47(56(48)57)38-19-6-3-7-20-38)59(52-30-18-32-54-55(52)46-27-14-17-31-53(46)60-54)41-33-34-45-43-25-13-16-29-50(43)58(51(45)37-41,39-21-8-4-9-22-39)40-23-10-5-11-24-40/h3-37,48,56H,1-2H3. The predicted molar refractivity (Wildman–Crippen MR) is 253 cm³/mol. The molecule has 12 rings (SSSR count). The van der Waals surface area contributed by atoms with Gasteiger partial charge in [-0.2, -0.15) is 0 Å². The van der Waals surface area contributed by atoms with Crippen molar-refractivity contribution in [2.75, 3.05) is 4.90 Å². The molecule has 0 saturated carbocycles. The van der Waals surface area contributed by atoms with Gasteiger partial charge in [-0.15, -0.1) is 11.3 Å². The van der Waals surface area contributed by atoms with Gasteiger partial charge in [0, 0.05) is 43.4 Å². The van der Waals surface area contributed by atoms with E-state index in [1.54, 1.807) is 0 Å². The lowest BCUT2D eigenvalue weighted by atomic mass is 9.67. The average molecular weight is 786 g/mol. The zero-order valence-electron chi connectivity index (χ0n) is 33.7. The van der Waals surface area contributed by atoms with Crippen LogP contribution in [-0.4, -0.2) is 0 Å². The minimum absolute atomic E-state index is 0.0519. The summed E-state index contributed by atoms with van der Waals surface area (Å²) < 4.78 is 2.60. The maximum atomic E-state index is 2.60. The highest BCUT2D eigenvalue weighted by atomic mass is 32.1. The van der Waals surface area contributed by atoms with Gasteiger partial charge in [-0.1, -0.05) is 190 Å². The summed E-state index contributed by atoms with van der Waals surface area (Å²) in [7, 11) is 0. The SMILES string of the molecule is CC1(C)c2ccccc2C2C=C(N(c3ccc4c(c3)C(c3ccccc3)(c3ccccc3)c3ccccc3-4)c3cccc4sc5ccccc5c34)C=C(c3ccccc3)C21.